The highest BCUT2D eigenvalue weighted by atomic mass is 19.2. The fourth-order valence-corrected chi connectivity index (χ4v) is 2.07. The molecule has 0 bridgehead atoms. The van der Waals surface area contributed by atoms with E-state index in [4.69, 9.17) is 9.47 Å². The van der Waals surface area contributed by atoms with Crippen LogP contribution in [0.5, 0.6) is 0 Å². The van der Waals surface area contributed by atoms with Gasteiger partial charge in [0, 0.05) is 20.2 Å². The highest BCUT2D eigenvalue weighted by Gasteiger charge is 2.10. The molecule has 0 amide bonds. The van der Waals surface area contributed by atoms with E-state index < -0.39 is 11.6 Å². The number of nitrogens with one attached hydrogen (secondary N) is 2. The first-order chi connectivity index (χ1) is 12.1. The molecule has 5 nitrogen and oxygen atoms in total. The summed E-state index contributed by atoms with van der Waals surface area (Å²) in [6.45, 7) is 7.01. The van der Waals surface area contributed by atoms with Crippen LogP contribution in [0.25, 0.3) is 0 Å². The van der Waals surface area contributed by atoms with Gasteiger partial charge in [0.15, 0.2) is 17.6 Å². The molecule has 0 heterocycles. The van der Waals surface area contributed by atoms with Crippen LogP contribution in [0.2, 0.25) is 0 Å². The van der Waals surface area contributed by atoms with Gasteiger partial charge in [-0.2, -0.15) is 0 Å². The van der Waals surface area contributed by atoms with Gasteiger partial charge in [0.2, 0.25) is 0 Å². The van der Waals surface area contributed by atoms with Crippen LogP contribution in [0.4, 0.5) is 8.78 Å². The number of benzene rings is 1. The molecule has 25 heavy (non-hydrogen) atoms. The summed E-state index contributed by atoms with van der Waals surface area (Å²) in [7, 11) is 1.65. The summed E-state index contributed by atoms with van der Waals surface area (Å²) >= 11 is 0. The Morgan fingerprint density at radius 2 is 1.84 bits per heavy atom. The lowest BCUT2D eigenvalue weighted by Gasteiger charge is -2.18. The van der Waals surface area contributed by atoms with Gasteiger partial charge in [0.1, 0.15) is 0 Å². The summed E-state index contributed by atoms with van der Waals surface area (Å²) in [5, 5.41) is 6.24. The van der Waals surface area contributed by atoms with Crippen molar-refractivity contribution in [1.29, 1.82) is 0 Å². The first kappa shape index (κ1) is 21.3. The number of rotatable bonds is 11. The van der Waals surface area contributed by atoms with Crippen molar-refractivity contribution in [2.24, 2.45) is 4.99 Å². The fraction of sp³-hybridized carbons (Fsp3) is 0.611. The Balaban J connectivity index is 2.22. The number of hydrogen-bond acceptors (Lipinski definition) is 3. The molecule has 1 unspecified atom stereocenters. The molecule has 1 aromatic rings. The molecule has 7 heteroatoms. The summed E-state index contributed by atoms with van der Waals surface area (Å²) < 4.78 is 37.2. The molecular formula is C18H29F2N3O2. The molecule has 1 atom stereocenters. The summed E-state index contributed by atoms with van der Waals surface area (Å²) in [4.78, 5) is 4.11. The molecular weight excluding hydrogens is 328 g/mol. The number of nitrogens with zero attached hydrogens (tertiary/aromatic N) is 1. The molecule has 142 valence electrons. The van der Waals surface area contributed by atoms with Gasteiger partial charge < -0.3 is 20.1 Å². The van der Waals surface area contributed by atoms with E-state index in [0.717, 1.165) is 25.5 Å². The van der Waals surface area contributed by atoms with Crippen molar-refractivity contribution in [2.45, 2.75) is 32.7 Å². The maximum absolute atomic E-state index is 13.3. The largest absolute Gasteiger partial charge is 0.379 e. The Bertz CT molecular complexity index is 527. The van der Waals surface area contributed by atoms with Crippen LogP contribution in [0.1, 0.15) is 38.3 Å². The number of halogens is 2. The molecule has 0 saturated heterocycles. The lowest BCUT2D eigenvalue weighted by Crippen LogP contribution is -2.40. The zero-order valence-electron chi connectivity index (χ0n) is 15.3. The Hall–Kier alpha value is -1.73. The average molecular weight is 357 g/mol. The van der Waals surface area contributed by atoms with Gasteiger partial charge >= 0.3 is 0 Å². The minimum atomic E-state index is -0.858. The standard InChI is InChI=1S/C18H29F2N3O2/c1-4-5-9-24-11-12-25-10-8-22-18(21-3)23-14(2)15-6-7-16(19)17(20)13-15/h6-7,13-14H,4-5,8-12H2,1-3H3,(H2,21,22,23). The van der Waals surface area contributed by atoms with Crippen molar-refractivity contribution in [3.63, 3.8) is 0 Å². The smallest absolute Gasteiger partial charge is 0.191 e. The van der Waals surface area contributed by atoms with Gasteiger partial charge in [0.25, 0.3) is 0 Å². The second-order valence-corrected chi connectivity index (χ2v) is 5.62. The number of ether oxygens (including phenoxy) is 2. The number of aliphatic imine (C=N–C) groups is 1. The molecule has 1 rings (SSSR count). The van der Waals surface area contributed by atoms with E-state index in [-0.39, 0.29) is 6.04 Å². The monoisotopic (exact) mass is 357 g/mol. The van der Waals surface area contributed by atoms with E-state index in [1.54, 1.807) is 13.1 Å². The van der Waals surface area contributed by atoms with Gasteiger partial charge in [-0.15, -0.1) is 0 Å². The maximum Gasteiger partial charge on any atom is 0.191 e. The van der Waals surface area contributed by atoms with E-state index in [9.17, 15) is 8.78 Å². The van der Waals surface area contributed by atoms with E-state index >= 15 is 0 Å². The number of hydrogen-bond donors (Lipinski definition) is 2. The number of guanidine groups is 1. The average Bonchev–Trinajstić information content (AvgIpc) is 2.61. The van der Waals surface area contributed by atoms with Crippen LogP contribution in [-0.4, -0.2) is 46.0 Å². The van der Waals surface area contributed by atoms with Crippen LogP contribution in [-0.2, 0) is 9.47 Å². The van der Waals surface area contributed by atoms with E-state index in [2.05, 4.69) is 22.5 Å². The highest BCUT2D eigenvalue weighted by molar-refractivity contribution is 5.80. The van der Waals surface area contributed by atoms with Gasteiger partial charge in [-0.05, 0) is 31.0 Å². The van der Waals surface area contributed by atoms with Gasteiger partial charge in [-0.25, -0.2) is 8.78 Å². The van der Waals surface area contributed by atoms with Crippen molar-refractivity contribution in [2.75, 3.05) is 40.0 Å². The van der Waals surface area contributed by atoms with Crippen LogP contribution >= 0.6 is 0 Å². The van der Waals surface area contributed by atoms with Crippen molar-refractivity contribution in [3.05, 3.63) is 35.4 Å². The Morgan fingerprint density at radius 1 is 1.12 bits per heavy atom. The Labute approximate surface area is 148 Å². The molecule has 0 aliphatic carbocycles. The molecule has 0 spiro atoms. The molecule has 0 saturated carbocycles. The zero-order chi connectivity index (χ0) is 18.5. The summed E-state index contributed by atoms with van der Waals surface area (Å²) in [5.74, 6) is -1.14. The second kappa shape index (κ2) is 12.6. The highest BCUT2D eigenvalue weighted by Crippen LogP contribution is 2.15. The topological polar surface area (TPSA) is 54.9 Å². The van der Waals surface area contributed by atoms with Crippen LogP contribution in [0.15, 0.2) is 23.2 Å². The minimum Gasteiger partial charge on any atom is -0.379 e. The van der Waals surface area contributed by atoms with Gasteiger partial charge in [0.05, 0.1) is 25.9 Å². The fourth-order valence-electron chi connectivity index (χ4n) is 2.07. The lowest BCUT2D eigenvalue weighted by molar-refractivity contribution is 0.0487. The molecule has 0 aliphatic rings. The van der Waals surface area contributed by atoms with Crippen LogP contribution in [0.3, 0.4) is 0 Å². The predicted molar refractivity (Wildman–Crippen MR) is 95.8 cm³/mol. The molecule has 0 aromatic heterocycles. The lowest BCUT2D eigenvalue weighted by atomic mass is 10.1. The maximum atomic E-state index is 13.3. The van der Waals surface area contributed by atoms with E-state index in [1.165, 1.54) is 6.07 Å². The summed E-state index contributed by atoms with van der Waals surface area (Å²) in [6, 6.07) is 3.64. The normalized spacial score (nSPS) is 12.9. The SMILES string of the molecule is CCCCOCCOCCNC(=NC)NC(C)c1ccc(F)c(F)c1. The third kappa shape index (κ3) is 8.79. The van der Waals surface area contributed by atoms with Crippen molar-refractivity contribution in [1.82, 2.24) is 10.6 Å². The molecule has 1 aromatic carbocycles. The summed E-state index contributed by atoms with van der Waals surface area (Å²) in [6.07, 6.45) is 2.19. The quantitative estimate of drug-likeness (QED) is 0.363. The molecule has 0 radical (unpaired) electrons. The zero-order valence-corrected chi connectivity index (χ0v) is 15.3. The first-order valence-electron chi connectivity index (χ1n) is 8.66. The van der Waals surface area contributed by atoms with E-state index in [1.807, 2.05) is 6.92 Å². The Kier molecular flexibility index (Phi) is 10.7. The van der Waals surface area contributed by atoms with Crippen LogP contribution in [0, 0.1) is 11.6 Å². The van der Waals surface area contributed by atoms with Crippen molar-refractivity contribution < 1.29 is 18.3 Å². The minimum absolute atomic E-state index is 0.214. The molecule has 0 aliphatic heterocycles. The van der Waals surface area contributed by atoms with Gasteiger partial charge in [-0.3, -0.25) is 4.99 Å². The van der Waals surface area contributed by atoms with E-state index in [0.29, 0.717) is 37.9 Å². The van der Waals surface area contributed by atoms with Crippen molar-refractivity contribution in [3.8, 4) is 0 Å². The number of unbranched alkanes of at least 4 members (excludes halogenated alkanes) is 1. The third-order valence-corrected chi connectivity index (χ3v) is 3.57. The Morgan fingerprint density at radius 3 is 2.48 bits per heavy atom. The first-order valence-corrected chi connectivity index (χ1v) is 8.66. The third-order valence-electron chi connectivity index (χ3n) is 3.57. The second-order valence-electron chi connectivity index (χ2n) is 5.62. The van der Waals surface area contributed by atoms with Gasteiger partial charge in [-0.1, -0.05) is 19.4 Å². The predicted octanol–water partition coefficient (Wildman–Crippen LogP) is 3.02. The summed E-state index contributed by atoms with van der Waals surface area (Å²) in [5.41, 5.74) is 0.641. The molecule has 2 N–H and O–H groups in total. The van der Waals surface area contributed by atoms with Crippen molar-refractivity contribution >= 4 is 5.96 Å². The molecule has 0 fully saturated rings. The van der Waals surface area contributed by atoms with Crippen LogP contribution < -0.4 is 10.6 Å².